The third-order valence-electron chi connectivity index (χ3n) is 6.02. The summed E-state index contributed by atoms with van der Waals surface area (Å²) in [6.45, 7) is 3.15. The van der Waals surface area contributed by atoms with Crippen molar-refractivity contribution in [3.63, 3.8) is 0 Å². The van der Waals surface area contributed by atoms with Crippen LogP contribution < -0.4 is 5.32 Å². The molecule has 0 bridgehead atoms. The molecule has 1 fully saturated rings. The molecule has 4 rings (SSSR count). The second-order valence-electron chi connectivity index (χ2n) is 8.22. The third kappa shape index (κ3) is 5.79. The highest BCUT2D eigenvalue weighted by molar-refractivity contribution is 9.10. The van der Waals surface area contributed by atoms with Crippen LogP contribution in [0.15, 0.2) is 44.9 Å². The molecule has 1 aromatic heterocycles. The van der Waals surface area contributed by atoms with E-state index in [1.807, 2.05) is 24.3 Å². The van der Waals surface area contributed by atoms with Gasteiger partial charge in [0.1, 0.15) is 0 Å². The van der Waals surface area contributed by atoms with Crippen LogP contribution in [0.5, 0.6) is 0 Å². The molecule has 0 saturated carbocycles. The molecule has 1 N–H and O–H groups in total. The maximum absolute atomic E-state index is 12.5. The lowest BCUT2D eigenvalue weighted by atomic mass is 9.95. The highest BCUT2D eigenvalue weighted by Gasteiger charge is 2.26. The van der Waals surface area contributed by atoms with Gasteiger partial charge in [-0.1, -0.05) is 32.7 Å². The van der Waals surface area contributed by atoms with Gasteiger partial charge in [0.25, 0.3) is 0 Å². The number of benzene rings is 1. The van der Waals surface area contributed by atoms with Crippen LogP contribution in [0.2, 0.25) is 0 Å². The van der Waals surface area contributed by atoms with Crippen LogP contribution in [0.4, 0.5) is 0 Å². The van der Waals surface area contributed by atoms with Crippen molar-refractivity contribution in [2.75, 3.05) is 19.6 Å². The molecule has 1 amide bonds. The first-order valence-electron chi connectivity index (χ1n) is 10.9. The van der Waals surface area contributed by atoms with Gasteiger partial charge in [-0.25, -0.2) is 0 Å². The van der Waals surface area contributed by atoms with E-state index in [0.717, 1.165) is 48.9 Å². The minimum absolute atomic E-state index is 0.114. The van der Waals surface area contributed by atoms with Crippen LogP contribution in [0.3, 0.4) is 0 Å². The summed E-state index contributed by atoms with van der Waals surface area (Å²) in [6.07, 6.45) is 10.1. The number of carbonyl (C=O) groups excluding carboxylic acids is 1. The number of allylic oxidation sites excluding steroid dienone is 1. The average molecular weight is 473 g/mol. The minimum atomic E-state index is 0.114. The number of nitrogens with one attached hydrogen (secondary N) is 1. The van der Waals surface area contributed by atoms with E-state index in [1.165, 1.54) is 31.3 Å². The Balaban J connectivity index is 1.19. The number of carbonyl (C=O) groups is 1. The Labute approximate surface area is 186 Å². The maximum atomic E-state index is 12.5. The first-order valence-corrected chi connectivity index (χ1v) is 11.7. The number of nitrogens with zero attached hydrogens (tertiary/aromatic N) is 3. The Hall–Kier alpha value is -1.99. The SMILES string of the molecule is O=C(NCCC1=CCCCC1)C1CCN(Cc2nc(-c3ccc(Br)cc3)no2)CC1. The second kappa shape index (κ2) is 10.4. The van der Waals surface area contributed by atoms with E-state index < -0.39 is 0 Å². The normalized spacial score (nSPS) is 18.2. The number of rotatable bonds is 7. The summed E-state index contributed by atoms with van der Waals surface area (Å²) in [5.74, 6) is 1.56. The lowest BCUT2D eigenvalue weighted by Crippen LogP contribution is -2.40. The molecule has 0 atom stereocenters. The van der Waals surface area contributed by atoms with Gasteiger partial charge in [-0.2, -0.15) is 4.98 Å². The van der Waals surface area contributed by atoms with Crippen LogP contribution in [0.1, 0.15) is 50.8 Å². The zero-order valence-electron chi connectivity index (χ0n) is 17.3. The van der Waals surface area contributed by atoms with Crippen molar-refractivity contribution in [3.05, 3.63) is 46.3 Å². The summed E-state index contributed by atoms with van der Waals surface area (Å²) in [6, 6.07) is 7.86. The van der Waals surface area contributed by atoms with Crippen molar-refractivity contribution in [2.45, 2.75) is 51.5 Å². The van der Waals surface area contributed by atoms with E-state index in [1.54, 1.807) is 0 Å². The molecule has 7 heteroatoms. The summed E-state index contributed by atoms with van der Waals surface area (Å²) in [5.41, 5.74) is 2.45. The number of halogens is 1. The molecule has 2 heterocycles. The summed E-state index contributed by atoms with van der Waals surface area (Å²) in [4.78, 5) is 19.3. The van der Waals surface area contributed by atoms with Gasteiger partial charge in [-0.3, -0.25) is 9.69 Å². The number of hydrogen-bond acceptors (Lipinski definition) is 5. The monoisotopic (exact) mass is 472 g/mol. The molecular weight excluding hydrogens is 444 g/mol. The van der Waals surface area contributed by atoms with Gasteiger partial charge in [0, 0.05) is 22.5 Å². The van der Waals surface area contributed by atoms with Gasteiger partial charge in [0.05, 0.1) is 6.54 Å². The van der Waals surface area contributed by atoms with Gasteiger partial charge in [0.2, 0.25) is 17.6 Å². The Kier molecular flexibility index (Phi) is 7.33. The molecule has 2 aromatic rings. The van der Waals surface area contributed by atoms with E-state index >= 15 is 0 Å². The van der Waals surface area contributed by atoms with Crippen LogP contribution in [0, 0.1) is 5.92 Å². The molecule has 2 aliphatic rings. The molecule has 1 aliphatic carbocycles. The quantitative estimate of drug-likeness (QED) is 0.590. The summed E-state index contributed by atoms with van der Waals surface area (Å²) in [7, 11) is 0. The fourth-order valence-electron chi connectivity index (χ4n) is 4.20. The van der Waals surface area contributed by atoms with Crippen molar-refractivity contribution >= 4 is 21.8 Å². The van der Waals surface area contributed by atoms with Gasteiger partial charge >= 0.3 is 0 Å². The van der Waals surface area contributed by atoms with E-state index in [0.29, 0.717) is 18.3 Å². The minimum Gasteiger partial charge on any atom is -0.356 e. The predicted octanol–water partition coefficient (Wildman–Crippen LogP) is 4.72. The van der Waals surface area contributed by atoms with Crippen molar-refractivity contribution < 1.29 is 9.32 Å². The van der Waals surface area contributed by atoms with Crippen molar-refractivity contribution in [1.82, 2.24) is 20.4 Å². The third-order valence-corrected chi connectivity index (χ3v) is 6.55. The molecule has 0 radical (unpaired) electrons. The summed E-state index contributed by atoms with van der Waals surface area (Å²) < 4.78 is 6.46. The standard InChI is InChI=1S/C23H29BrN4O2/c24-20-8-6-18(7-9-20)22-26-21(30-27-22)16-28-14-11-19(12-15-28)23(29)25-13-10-17-4-2-1-3-5-17/h4,6-9,19H,1-3,5,10-16H2,(H,25,29). The zero-order valence-corrected chi connectivity index (χ0v) is 18.9. The highest BCUT2D eigenvalue weighted by Crippen LogP contribution is 2.22. The Bertz CT molecular complexity index is 870. The highest BCUT2D eigenvalue weighted by atomic mass is 79.9. The van der Waals surface area contributed by atoms with Crippen LogP contribution >= 0.6 is 15.9 Å². The number of piperidine rings is 1. The fourth-order valence-corrected chi connectivity index (χ4v) is 4.47. The lowest BCUT2D eigenvalue weighted by molar-refractivity contribution is -0.126. The van der Waals surface area contributed by atoms with E-state index in [2.05, 4.69) is 42.4 Å². The van der Waals surface area contributed by atoms with Gasteiger partial charge in [-0.15, -0.1) is 0 Å². The zero-order chi connectivity index (χ0) is 20.8. The molecule has 1 aliphatic heterocycles. The number of aromatic nitrogens is 2. The van der Waals surface area contributed by atoms with Crippen LogP contribution in [-0.2, 0) is 11.3 Å². The van der Waals surface area contributed by atoms with Gasteiger partial charge < -0.3 is 9.84 Å². The smallest absolute Gasteiger partial charge is 0.241 e. The molecule has 0 spiro atoms. The summed E-state index contributed by atoms with van der Waals surface area (Å²) in [5, 5.41) is 7.25. The van der Waals surface area contributed by atoms with Gasteiger partial charge in [-0.05, 0) is 82.3 Å². The summed E-state index contributed by atoms with van der Waals surface area (Å²) >= 11 is 3.43. The Morgan fingerprint density at radius 3 is 2.73 bits per heavy atom. The Morgan fingerprint density at radius 2 is 2.00 bits per heavy atom. The van der Waals surface area contributed by atoms with Crippen LogP contribution in [0.25, 0.3) is 11.4 Å². The number of amides is 1. The molecule has 0 unspecified atom stereocenters. The fraction of sp³-hybridized carbons (Fsp3) is 0.522. The largest absolute Gasteiger partial charge is 0.356 e. The Morgan fingerprint density at radius 1 is 1.20 bits per heavy atom. The van der Waals surface area contributed by atoms with Crippen molar-refractivity contribution in [3.8, 4) is 11.4 Å². The van der Waals surface area contributed by atoms with Crippen molar-refractivity contribution in [2.24, 2.45) is 5.92 Å². The van der Waals surface area contributed by atoms with Gasteiger partial charge in [0.15, 0.2) is 0 Å². The van der Waals surface area contributed by atoms with Crippen molar-refractivity contribution in [1.29, 1.82) is 0 Å². The molecular formula is C23H29BrN4O2. The molecule has 6 nitrogen and oxygen atoms in total. The maximum Gasteiger partial charge on any atom is 0.241 e. The van der Waals surface area contributed by atoms with E-state index in [4.69, 9.17) is 4.52 Å². The van der Waals surface area contributed by atoms with E-state index in [9.17, 15) is 4.79 Å². The topological polar surface area (TPSA) is 71.3 Å². The van der Waals surface area contributed by atoms with Crippen LogP contribution in [-0.4, -0.2) is 40.6 Å². The average Bonchev–Trinajstić information content (AvgIpc) is 3.24. The predicted molar refractivity (Wildman–Crippen MR) is 120 cm³/mol. The molecule has 160 valence electrons. The second-order valence-corrected chi connectivity index (χ2v) is 9.13. The number of likely N-dealkylation sites (tertiary alicyclic amines) is 1. The van der Waals surface area contributed by atoms with E-state index in [-0.39, 0.29) is 11.8 Å². The first-order chi connectivity index (χ1) is 14.7. The molecule has 1 aromatic carbocycles. The first kappa shape index (κ1) is 21.2. The number of hydrogen-bond donors (Lipinski definition) is 1. The lowest BCUT2D eigenvalue weighted by Gasteiger charge is -2.30. The molecule has 1 saturated heterocycles. The molecule has 30 heavy (non-hydrogen) atoms.